The maximum absolute atomic E-state index is 14.0. The van der Waals surface area contributed by atoms with Gasteiger partial charge in [-0.25, -0.2) is 4.39 Å². The highest BCUT2D eigenvalue weighted by atomic mass is 19.4. The van der Waals surface area contributed by atoms with Crippen molar-refractivity contribution in [3.8, 4) is 0 Å². The largest absolute Gasteiger partial charge is 0.435 e. The van der Waals surface area contributed by atoms with Crippen molar-refractivity contribution in [2.24, 2.45) is 11.8 Å². The van der Waals surface area contributed by atoms with E-state index in [-0.39, 0.29) is 36.4 Å². The number of allylic oxidation sites excluding steroid dienone is 7. The van der Waals surface area contributed by atoms with Gasteiger partial charge in [0.25, 0.3) is 0 Å². The van der Waals surface area contributed by atoms with E-state index in [1.165, 1.54) is 0 Å². The SMILES string of the molecule is CC/C=C/C(=C\NC(F)F)CC(C)C(=O)NC(C)(C)Cn1nc(C(F)(F)F)cc1C(=CC(C)CC)/C=C(/F)C=O. The van der Waals surface area contributed by atoms with Crippen LogP contribution in [0.2, 0.25) is 0 Å². The minimum absolute atomic E-state index is 0.0430. The van der Waals surface area contributed by atoms with Crippen LogP contribution in [-0.4, -0.2) is 34.1 Å². The van der Waals surface area contributed by atoms with Gasteiger partial charge in [0.1, 0.15) is 0 Å². The highest BCUT2D eigenvalue weighted by molar-refractivity contribution is 5.81. The second-order valence-corrected chi connectivity index (χ2v) is 10.2. The number of carbonyl (C=O) groups is 2. The summed E-state index contributed by atoms with van der Waals surface area (Å²) in [7, 11) is 0. The van der Waals surface area contributed by atoms with Gasteiger partial charge in [0.05, 0.1) is 17.8 Å². The fourth-order valence-electron chi connectivity index (χ4n) is 3.65. The van der Waals surface area contributed by atoms with Gasteiger partial charge in [-0.15, -0.1) is 0 Å². The van der Waals surface area contributed by atoms with Gasteiger partial charge in [0, 0.05) is 12.1 Å². The van der Waals surface area contributed by atoms with Crippen molar-refractivity contribution in [3.05, 3.63) is 59.4 Å². The number of alkyl halides is 5. The van der Waals surface area contributed by atoms with Crippen LogP contribution in [0.4, 0.5) is 26.3 Å². The Kier molecular flexibility index (Phi) is 13.4. The molecule has 0 aliphatic carbocycles. The summed E-state index contributed by atoms with van der Waals surface area (Å²) in [5, 5.41) is 8.38. The topological polar surface area (TPSA) is 76.0 Å². The predicted octanol–water partition coefficient (Wildman–Crippen LogP) is 6.97. The monoisotopic (exact) mass is 576 g/mol. The Hall–Kier alpha value is -3.31. The molecular formula is C28H38F6N4O2. The number of aromatic nitrogens is 2. The summed E-state index contributed by atoms with van der Waals surface area (Å²) in [4.78, 5) is 23.9. The fourth-order valence-corrected chi connectivity index (χ4v) is 3.65. The van der Waals surface area contributed by atoms with E-state index in [0.29, 0.717) is 18.4 Å². The third kappa shape index (κ3) is 11.8. The molecular weight excluding hydrogens is 538 g/mol. The van der Waals surface area contributed by atoms with Gasteiger partial charge in [0.15, 0.2) is 17.8 Å². The van der Waals surface area contributed by atoms with Crippen molar-refractivity contribution < 1.29 is 35.9 Å². The van der Waals surface area contributed by atoms with Gasteiger partial charge < -0.3 is 10.6 Å². The summed E-state index contributed by atoms with van der Waals surface area (Å²) in [5.41, 5.74) is -1.91. The third-order valence-electron chi connectivity index (χ3n) is 5.84. The Morgan fingerprint density at radius 2 is 1.82 bits per heavy atom. The minimum Gasteiger partial charge on any atom is -0.349 e. The number of nitrogens with zero attached hydrogens (tertiary/aromatic N) is 2. The minimum atomic E-state index is -4.79. The van der Waals surface area contributed by atoms with Gasteiger partial charge >= 0.3 is 12.7 Å². The highest BCUT2D eigenvalue weighted by Crippen LogP contribution is 2.32. The summed E-state index contributed by atoms with van der Waals surface area (Å²) >= 11 is 0. The molecule has 0 saturated heterocycles. The van der Waals surface area contributed by atoms with Crippen molar-refractivity contribution in [2.45, 2.75) is 85.6 Å². The first kappa shape index (κ1) is 34.7. The van der Waals surface area contributed by atoms with E-state index in [0.717, 1.165) is 23.0 Å². The van der Waals surface area contributed by atoms with E-state index in [1.807, 2.05) is 19.2 Å². The first-order chi connectivity index (χ1) is 18.5. The Labute approximate surface area is 231 Å². The van der Waals surface area contributed by atoms with E-state index < -0.39 is 41.6 Å². The number of carbonyl (C=O) groups excluding carboxylic acids is 2. The normalized spacial score (nSPS) is 15.5. The molecule has 0 aliphatic heterocycles. The third-order valence-corrected chi connectivity index (χ3v) is 5.84. The molecule has 0 aromatic carbocycles. The molecule has 2 N–H and O–H groups in total. The van der Waals surface area contributed by atoms with Crippen molar-refractivity contribution in [1.82, 2.24) is 20.4 Å². The van der Waals surface area contributed by atoms with Crippen molar-refractivity contribution in [3.63, 3.8) is 0 Å². The summed E-state index contributed by atoms with van der Waals surface area (Å²) in [6.07, 6.45) is 3.49. The van der Waals surface area contributed by atoms with Crippen LogP contribution < -0.4 is 10.6 Å². The number of hydrogen-bond donors (Lipinski definition) is 2. The van der Waals surface area contributed by atoms with Crippen LogP contribution >= 0.6 is 0 Å². The first-order valence-corrected chi connectivity index (χ1v) is 12.9. The van der Waals surface area contributed by atoms with Gasteiger partial charge in [-0.05, 0) is 55.9 Å². The summed E-state index contributed by atoms with van der Waals surface area (Å²) in [6.45, 7) is 7.28. The second-order valence-electron chi connectivity index (χ2n) is 10.2. The zero-order valence-electron chi connectivity index (χ0n) is 23.6. The number of halogens is 6. The Balaban J connectivity index is 3.35. The molecule has 2 unspecified atom stereocenters. The maximum Gasteiger partial charge on any atom is 0.435 e. The molecule has 2 atom stereocenters. The molecule has 1 amide bonds. The summed E-state index contributed by atoms with van der Waals surface area (Å²) in [6, 6.07) is 0.774. The molecule has 1 aromatic heterocycles. The van der Waals surface area contributed by atoms with Crippen LogP contribution in [0.25, 0.3) is 5.57 Å². The standard InChI is InChI=1S/C28H38F6N4O2/c1-7-9-10-20(15-35-26(30)31)12-19(4)25(40)36-27(5,6)17-38-23(14-24(37-38)28(32,33)34)21(11-18(3)8-2)13-22(29)16-39/h9-11,13-16,18-19,26,35H,7-8,12,17H2,1-6H3,(H,36,40)/b10-9+,20-15+,21-11?,22-13+. The van der Waals surface area contributed by atoms with Crippen LogP contribution in [-0.2, 0) is 22.3 Å². The lowest BCUT2D eigenvalue weighted by atomic mass is 9.97. The molecule has 1 aromatic rings. The molecule has 12 heteroatoms. The summed E-state index contributed by atoms with van der Waals surface area (Å²) < 4.78 is 81.0. The van der Waals surface area contributed by atoms with Crippen LogP contribution in [0.3, 0.4) is 0 Å². The molecule has 40 heavy (non-hydrogen) atoms. The number of aldehydes is 1. The van der Waals surface area contributed by atoms with Crippen LogP contribution in [0, 0.1) is 11.8 Å². The van der Waals surface area contributed by atoms with Crippen LogP contribution in [0.15, 0.2) is 48.0 Å². The van der Waals surface area contributed by atoms with E-state index in [1.54, 1.807) is 45.9 Å². The number of amides is 1. The molecule has 1 rings (SSSR count). The highest BCUT2D eigenvalue weighted by Gasteiger charge is 2.36. The van der Waals surface area contributed by atoms with E-state index in [9.17, 15) is 35.9 Å². The lowest BCUT2D eigenvalue weighted by Gasteiger charge is -2.29. The van der Waals surface area contributed by atoms with Gasteiger partial charge in [-0.3, -0.25) is 14.3 Å². The Morgan fingerprint density at radius 1 is 1.18 bits per heavy atom. The molecule has 0 aliphatic rings. The molecule has 0 fully saturated rings. The molecule has 6 nitrogen and oxygen atoms in total. The average Bonchev–Trinajstić information content (AvgIpc) is 3.27. The van der Waals surface area contributed by atoms with E-state index in [2.05, 4.69) is 10.4 Å². The quantitative estimate of drug-likeness (QED) is 0.0778. The lowest BCUT2D eigenvalue weighted by Crippen LogP contribution is -2.48. The van der Waals surface area contributed by atoms with Crippen molar-refractivity contribution >= 4 is 17.8 Å². The number of rotatable bonds is 15. The summed E-state index contributed by atoms with van der Waals surface area (Å²) in [5.74, 6) is -2.44. The van der Waals surface area contributed by atoms with E-state index >= 15 is 0 Å². The Morgan fingerprint density at radius 3 is 2.35 bits per heavy atom. The lowest BCUT2D eigenvalue weighted by molar-refractivity contribution is -0.141. The van der Waals surface area contributed by atoms with Crippen molar-refractivity contribution in [2.75, 3.05) is 0 Å². The first-order valence-electron chi connectivity index (χ1n) is 12.9. The predicted molar refractivity (Wildman–Crippen MR) is 143 cm³/mol. The fraction of sp³-hybridized carbons (Fsp3) is 0.536. The van der Waals surface area contributed by atoms with Crippen LogP contribution in [0.1, 0.15) is 72.2 Å². The number of hydrogen-bond acceptors (Lipinski definition) is 4. The van der Waals surface area contributed by atoms with E-state index in [4.69, 9.17) is 0 Å². The molecule has 0 spiro atoms. The molecule has 0 saturated carbocycles. The zero-order chi connectivity index (χ0) is 30.7. The molecule has 1 heterocycles. The average molecular weight is 577 g/mol. The smallest absolute Gasteiger partial charge is 0.349 e. The maximum atomic E-state index is 14.0. The second kappa shape index (κ2) is 15.5. The number of nitrogens with one attached hydrogen (secondary N) is 2. The van der Waals surface area contributed by atoms with Gasteiger partial charge in [0.2, 0.25) is 5.91 Å². The molecule has 224 valence electrons. The molecule has 0 radical (unpaired) electrons. The van der Waals surface area contributed by atoms with Gasteiger partial charge in [-0.1, -0.05) is 52.3 Å². The zero-order valence-corrected chi connectivity index (χ0v) is 23.6. The van der Waals surface area contributed by atoms with Crippen molar-refractivity contribution in [1.29, 1.82) is 0 Å². The Bertz CT molecular complexity index is 1120. The van der Waals surface area contributed by atoms with Crippen LogP contribution in [0.5, 0.6) is 0 Å². The molecule has 0 bridgehead atoms. The van der Waals surface area contributed by atoms with Gasteiger partial charge in [-0.2, -0.15) is 27.1 Å².